The number of rotatable bonds is 3. The van der Waals surface area contributed by atoms with Crippen LogP contribution in [0.15, 0.2) is 18.3 Å². The molecule has 0 aliphatic carbocycles. The molecule has 5 nitrogen and oxygen atoms in total. The highest BCUT2D eigenvalue weighted by atomic mass is 16.3. The molecule has 0 saturated heterocycles. The summed E-state index contributed by atoms with van der Waals surface area (Å²) in [5, 5.41) is 17.1. The zero-order valence-corrected chi connectivity index (χ0v) is 6.80. The van der Waals surface area contributed by atoms with Crippen molar-refractivity contribution in [1.82, 2.24) is 4.57 Å². The number of carbonyl (C=O) groups excluding carboxylic acids is 2. The number of Topliss-reactive ketones (excluding diaryl/α,β-unsaturated/α-hetero) is 1. The van der Waals surface area contributed by atoms with E-state index in [4.69, 9.17) is 10.2 Å². The normalized spacial score (nSPS) is 10.0. The molecule has 1 heterocycles. The summed E-state index contributed by atoms with van der Waals surface area (Å²) in [6, 6.07) is 2.91. The van der Waals surface area contributed by atoms with E-state index in [0.29, 0.717) is 0 Å². The fourth-order valence-corrected chi connectivity index (χ4v) is 0.983. The molecule has 0 aliphatic rings. The highest BCUT2D eigenvalue weighted by Gasteiger charge is 2.13. The molecular weight excluding hydrogens is 174 g/mol. The van der Waals surface area contributed by atoms with Gasteiger partial charge in [0.25, 0.3) is 5.91 Å². The van der Waals surface area contributed by atoms with Gasteiger partial charge in [-0.3, -0.25) is 14.2 Å². The predicted molar refractivity (Wildman–Crippen MR) is 43.6 cm³/mol. The summed E-state index contributed by atoms with van der Waals surface area (Å²) in [7, 11) is 0. The summed E-state index contributed by atoms with van der Waals surface area (Å²) in [4.78, 5) is 22.0. The van der Waals surface area contributed by atoms with Gasteiger partial charge in [-0.1, -0.05) is 0 Å². The van der Waals surface area contributed by atoms with Gasteiger partial charge in [-0.2, -0.15) is 0 Å². The number of aromatic nitrogens is 1. The minimum absolute atomic E-state index is 0.0848. The number of nitrogens with zero attached hydrogens (tertiary/aromatic N) is 1. The zero-order valence-electron chi connectivity index (χ0n) is 6.80. The first kappa shape index (κ1) is 9.63. The van der Waals surface area contributed by atoms with Crippen LogP contribution in [-0.4, -0.2) is 39.7 Å². The Morgan fingerprint density at radius 2 is 2.00 bits per heavy atom. The maximum absolute atomic E-state index is 11.0. The maximum atomic E-state index is 11.0. The van der Waals surface area contributed by atoms with Gasteiger partial charge in [-0.05, 0) is 12.1 Å². The monoisotopic (exact) mass is 183 g/mol. The van der Waals surface area contributed by atoms with E-state index in [1.165, 1.54) is 18.3 Å². The number of hydrogen-bond donors (Lipinski definition) is 2. The molecule has 5 heteroatoms. The molecule has 0 amide bonds. The van der Waals surface area contributed by atoms with E-state index in [1.54, 1.807) is 0 Å². The Bertz CT molecular complexity index is 298. The number of hydrogen-bond acceptors (Lipinski definition) is 4. The molecule has 0 unspecified atom stereocenters. The summed E-state index contributed by atoms with van der Waals surface area (Å²) in [6.07, 6.45) is 1.36. The standard InChI is InChI=1S/C8H9NO4/c10-4-7(12)6-2-1-3-9(6)8(13)5-11/h1-3,10-11H,4-5H2. The van der Waals surface area contributed by atoms with E-state index in [9.17, 15) is 9.59 Å². The van der Waals surface area contributed by atoms with E-state index in [1.807, 2.05) is 0 Å². The molecule has 1 rings (SSSR count). The molecule has 0 atom stereocenters. The first-order chi connectivity index (χ1) is 6.20. The van der Waals surface area contributed by atoms with Gasteiger partial charge >= 0.3 is 0 Å². The van der Waals surface area contributed by atoms with Crippen molar-refractivity contribution >= 4 is 11.7 Å². The van der Waals surface area contributed by atoms with Gasteiger partial charge in [-0.15, -0.1) is 0 Å². The molecule has 1 aromatic rings. The summed E-state index contributed by atoms with van der Waals surface area (Å²) < 4.78 is 1.01. The Labute approximate surface area is 74.2 Å². The molecule has 0 aliphatic heterocycles. The molecule has 13 heavy (non-hydrogen) atoms. The number of carbonyl (C=O) groups is 2. The lowest BCUT2D eigenvalue weighted by molar-refractivity contribution is 0.0791. The van der Waals surface area contributed by atoms with Crippen LogP contribution >= 0.6 is 0 Å². The smallest absolute Gasteiger partial charge is 0.256 e. The van der Waals surface area contributed by atoms with Gasteiger partial charge in [0.2, 0.25) is 5.78 Å². The quantitative estimate of drug-likeness (QED) is 0.607. The van der Waals surface area contributed by atoms with Crippen LogP contribution in [0, 0.1) is 0 Å². The van der Waals surface area contributed by atoms with Crippen molar-refractivity contribution < 1.29 is 19.8 Å². The minimum atomic E-state index is -0.666. The van der Waals surface area contributed by atoms with Crippen LogP contribution in [0.2, 0.25) is 0 Å². The summed E-state index contributed by atoms with van der Waals surface area (Å²) in [5.41, 5.74) is 0.0848. The van der Waals surface area contributed by atoms with Crippen LogP contribution in [0.3, 0.4) is 0 Å². The molecule has 2 N–H and O–H groups in total. The van der Waals surface area contributed by atoms with Gasteiger partial charge in [0.1, 0.15) is 13.2 Å². The molecule has 0 bridgehead atoms. The van der Waals surface area contributed by atoms with E-state index in [2.05, 4.69) is 0 Å². The lowest BCUT2D eigenvalue weighted by Gasteiger charge is -2.02. The Kier molecular flexibility index (Phi) is 2.94. The van der Waals surface area contributed by atoms with Crippen molar-refractivity contribution in [2.45, 2.75) is 0 Å². The zero-order chi connectivity index (χ0) is 9.84. The third kappa shape index (κ3) is 1.82. The molecule has 0 spiro atoms. The number of aliphatic hydroxyl groups is 2. The van der Waals surface area contributed by atoms with Crippen molar-refractivity contribution in [2.24, 2.45) is 0 Å². The van der Waals surface area contributed by atoms with Crippen LogP contribution in [0.5, 0.6) is 0 Å². The first-order valence-electron chi connectivity index (χ1n) is 3.66. The van der Waals surface area contributed by atoms with Crippen LogP contribution < -0.4 is 0 Å². The van der Waals surface area contributed by atoms with Gasteiger partial charge < -0.3 is 10.2 Å². The third-order valence-corrected chi connectivity index (χ3v) is 1.58. The second-order valence-corrected chi connectivity index (χ2v) is 2.40. The van der Waals surface area contributed by atoms with Crippen molar-refractivity contribution in [1.29, 1.82) is 0 Å². The Hall–Kier alpha value is -1.46. The van der Waals surface area contributed by atoms with E-state index in [-0.39, 0.29) is 5.69 Å². The van der Waals surface area contributed by atoms with Crippen molar-refractivity contribution in [3.8, 4) is 0 Å². The SMILES string of the molecule is O=C(CO)c1cccn1C(=O)CO. The summed E-state index contributed by atoms with van der Waals surface area (Å²) in [5.74, 6) is -1.14. The highest BCUT2D eigenvalue weighted by molar-refractivity contribution is 5.99. The van der Waals surface area contributed by atoms with Gasteiger partial charge in [0.05, 0.1) is 5.69 Å². The second kappa shape index (κ2) is 3.97. The van der Waals surface area contributed by atoms with Gasteiger partial charge in [-0.25, -0.2) is 0 Å². The number of aliphatic hydroxyl groups excluding tert-OH is 2. The lowest BCUT2D eigenvalue weighted by Crippen LogP contribution is -2.20. The minimum Gasteiger partial charge on any atom is -0.388 e. The topological polar surface area (TPSA) is 79.5 Å². The van der Waals surface area contributed by atoms with Crippen LogP contribution in [0.4, 0.5) is 0 Å². The molecule has 70 valence electrons. The van der Waals surface area contributed by atoms with Gasteiger partial charge in [0, 0.05) is 6.20 Å². The Morgan fingerprint density at radius 3 is 2.54 bits per heavy atom. The van der Waals surface area contributed by atoms with Crippen molar-refractivity contribution in [3.63, 3.8) is 0 Å². The Morgan fingerprint density at radius 1 is 1.31 bits per heavy atom. The van der Waals surface area contributed by atoms with Crippen LogP contribution in [0.1, 0.15) is 15.3 Å². The first-order valence-corrected chi connectivity index (χ1v) is 3.66. The van der Waals surface area contributed by atoms with Crippen molar-refractivity contribution in [2.75, 3.05) is 13.2 Å². The summed E-state index contributed by atoms with van der Waals surface area (Å²) >= 11 is 0. The van der Waals surface area contributed by atoms with E-state index < -0.39 is 24.9 Å². The average molecular weight is 183 g/mol. The Balaban J connectivity index is 3.02. The third-order valence-electron chi connectivity index (χ3n) is 1.58. The molecule has 1 aromatic heterocycles. The van der Waals surface area contributed by atoms with E-state index >= 15 is 0 Å². The average Bonchev–Trinajstić information content (AvgIpc) is 2.63. The molecule has 0 fully saturated rings. The molecule has 0 radical (unpaired) electrons. The molecular formula is C8H9NO4. The number of ketones is 1. The molecule has 0 saturated carbocycles. The van der Waals surface area contributed by atoms with Gasteiger partial charge in [0.15, 0.2) is 0 Å². The van der Waals surface area contributed by atoms with Crippen molar-refractivity contribution in [3.05, 3.63) is 24.0 Å². The fraction of sp³-hybridized carbons (Fsp3) is 0.250. The second-order valence-electron chi connectivity index (χ2n) is 2.40. The largest absolute Gasteiger partial charge is 0.388 e. The molecule has 0 aromatic carbocycles. The fourth-order valence-electron chi connectivity index (χ4n) is 0.983. The lowest BCUT2D eigenvalue weighted by atomic mass is 10.3. The van der Waals surface area contributed by atoms with Crippen LogP contribution in [-0.2, 0) is 0 Å². The predicted octanol–water partition coefficient (Wildman–Crippen LogP) is -0.704. The summed E-state index contributed by atoms with van der Waals surface area (Å²) in [6.45, 7) is -1.32. The van der Waals surface area contributed by atoms with Crippen LogP contribution in [0.25, 0.3) is 0 Å². The maximum Gasteiger partial charge on any atom is 0.256 e. The highest BCUT2D eigenvalue weighted by Crippen LogP contribution is 2.02. The van der Waals surface area contributed by atoms with E-state index in [0.717, 1.165) is 4.57 Å².